The van der Waals surface area contributed by atoms with E-state index in [1.165, 1.54) is 0 Å². The van der Waals surface area contributed by atoms with Crippen molar-refractivity contribution < 1.29 is 4.74 Å². The number of terminal acetylenes is 1. The summed E-state index contributed by atoms with van der Waals surface area (Å²) in [6.45, 7) is 2.11. The Morgan fingerprint density at radius 2 is 2.36 bits per heavy atom. The maximum atomic E-state index is 5.84. The zero-order valence-corrected chi connectivity index (χ0v) is 8.71. The summed E-state index contributed by atoms with van der Waals surface area (Å²) in [4.78, 5) is 0. The maximum Gasteiger partial charge on any atom is 0.148 e. The number of ether oxygens (including phenoxy) is 1. The number of nitrogens with two attached hydrogens (primary N) is 1. The fourth-order valence-electron chi connectivity index (χ4n) is 1.13. The summed E-state index contributed by atoms with van der Waals surface area (Å²) >= 11 is 5.84. The molecular formula is C11H12ClNO. The first-order valence-corrected chi connectivity index (χ1v) is 4.64. The summed E-state index contributed by atoms with van der Waals surface area (Å²) in [7, 11) is 0. The van der Waals surface area contributed by atoms with E-state index in [2.05, 4.69) is 5.92 Å². The molecule has 1 aromatic rings. The molecule has 2 nitrogen and oxygen atoms in total. The minimum absolute atomic E-state index is 0.124. The lowest BCUT2D eigenvalue weighted by atomic mass is 10.1. The van der Waals surface area contributed by atoms with Crippen LogP contribution in [0.5, 0.6) is 5.75 Å². The van der Waals surface area contributed by atoms with E-state index >= 15 is 0 Å². The molecule has 1 rings (SSSR count). The average molecular weight is 210 g/mol. The second-order valence-electron chi connectivity index (χ2n) is 2.96. The summed E-state index contributed by atoms with van der Waals surface area (Å²) in [6, 6.07) is 5.19. The fraction of sp³-hybridized carbons (Fsp3) is 0.273. The van der Waals surface area contributed by atoms with Crippen LogP contribution in [-0.2, 0) is 0 Å². The monoisotopic (exact) mass is 209 g/mol. The van der Waals surface area contributed by atoms with Crippen molar-refractivity contribution in [2.75, 3.05) is 6.61 Å². The summed E-state index contributed by atoms with van der Waals surface area (Å²) in [6.07, 6.45) is 5.10. The van der Waals surface area contributed by atoms with Gasteiger partial charge in [0.2, 0.25) is 0 Å². The van der Waals surface area contributed by atoms with Gasteiger partial charge in [0.25, 0.3) is 0 Å². The largest absolute Gasteiger partial charge is 0.481 e. The molecule has 74 valence electrons. The Labute approximate surface area is 89.0 Å². The van der Waals surface area contributed by atoms with Gasteiger partial charge in [-0.25, -0.2) is 0 Å². The van der Waals surface area contributed by atoms with Crippen molar-refractivity contribution in [2.45, 2.75) is 13.0 Å². The van der Waals surface area contributed by atoms with E-state index in [4.69, 9.17) is 28.5 Å². The van der Waals surface area contributed by atoms with Crippen molar-refractivity contribution >= 4 is 11.6 Å². The topological polar surface area (TPSA) is 35.2 Å². The SMILES string of the molecule is C#CCOc1ccc(Cl)cc1[C@@H](C)N. The Morgan fingerprint density at radius 3 is 2.93 bits per heavy atom. The third kappa shape index (κ3) is 2.66. The molecule has 3 heteroatoms. The Hall–Kier alpha value is -1.17. The summed E-state index contributed by atoms with van der Waals surface area (Å²) in [5.74, 6) is 3.10. The molecule has 0 unspecified atom stereocenters. The van der Waals surface area contributed by atoms with Gasteiger partial charge in [0.15, 0.2) is 0 Å². The second kappa shape index (κ2) is 4.90. The quantitative estimate of drug-likeness (QED) is 0.776. The van der Waals surface area contributed by atoms with Gasteiger partial charge >= 0.3 is 0 Å². The van der Waals surface area contributed by atoms with Crippen LogP contribution in [-0.4, -0.2) is 6.61 Å². The maximum absolute atomic E-state index is 5.84. The first kappa shape index (κ1) is 10.9. The molecule has 0 aromatic heterocycles. The van der Waals surface area contributed by atoms with Gasteiger partial charge in [-0.05, 0) is 25.1 Å². The Kier molecular flexibility index (Phi) is 3.82. The van der Waals surface area contributed by atoms with E-state index in [0.29, 0.717) is 10.8 Å². The number of hydrogen-bond acceptors (Lipinski definition) is 2. The molecule has 0 spiro atoms. The number of benzene rings is 1. The molecule has 1 atom stereocenters. The fourth-order valence-corrected chi connectivity index (χ4v) is 1.31. The van der Waals surface area contributed by atoms with E-state index in [1.807, 2.05) is 6.92 Å². The zero-order chi connectivity index (χ0) is 10.6. The number of halogens is 1. The molecule has 0 fully saturated rings. The van der Waals surface area contributed by atoms with Crippen LogP contribution in [0.1, 0.15) is 18.5 Å². The van der Waals surface area contributed by atoms with Crippen molar-refractivity contribution in [1.82, 2.24) is 0 Å². The van der Waals surface area contributed by atoms with Crippen LogP contribution in [0.4, 0.5) is 0 Å². The van der Waals surface area contributed by atoms with E-state index < -0.39 is 0 Å². The van der Waals surface area contributed by atoms with Gasteiger partial charge < -0.3 is 10.5 Å². The van der Waals surface area contributed by atoms with E-state index in [9.17, 15) is 0 Å². The molecule has 0 amide bonds. The molecule has 0 heterocycles. The lowest BCUT2D eigenvalue weighted by Gasteiger charge is -2.12. The molecule has 14 heavy (non-hydrogen) atoms. The molecule has 0 aliphatic carbocycles. The summed E-state index contributed by atoms with van der Waals surface area (Å²) in [5, 5.41) is 0.644. The summed E-state index contributed by atoms with van der Waals surface area (Å²) in [5.41, 5.74) is 6.63. The highest BCUT2D eigenvalue weighted by Gasteiger charge is 2.08. The molecule has 0 radical (unpaired) electrons. The van der Waals surface area contributed by atoms with Crippen molar-refractivity contribution in [3.63, 3.8) is 0 Å². The predicted molar refractivity (Wildman–Crippen MR) is 58.4 cm³/mol. The second-order valence-corrected chi connectivity index (χ2v) is 3.40. The van der Waals surface area contributed by atoms with Gasteiger partial charge in [-0.1, -0.05) is 17.5 Å². The lowest BCUT2D eigenvalue weighted by molar-refractivity contribution is 0.364. The number of hydrogen-bond donors (Lipinski definition) is 1. The van der Waals surface area contributed by atoms with Gasteiger partial charge in [-0.2, -0.15) is 0 Å². The molecule has 0 saturated heterocycles. The molecule has 0 bridgehead atoms. The van der Waals surface area contributed by atoms with Crippen LogP contribution < -0.4 is 10.5 Å². The summed E-state index contributed by atoms with van der Waals surface area (Å²) < 4.78 is 5.33. The zero-order valence-electron chi connectivity index (χ0n) is 7.96. The highest BCUT2D eigenvalue weighted by molar-refractivity contribution is 6.30. The van der Waals surface area contributed by atoms with Crippen molar-refractivity contribution in [3.05, 3.63) is 28.8 Å². The highest BCUT2D eigenvalue weighted by atomic mass is 35.5. The first-order valence-electron chi connectivity index (χ1n) is 4.26. The van der Waals surface area contributed by atoms with Crippen LogP contribution in [0, 0.1) is 12.3 Å². The molecule has 0 aliphatic rings. The van der Waals surface area contributed by atoms with Gasteiger partial charge in [0.05, 0.1) is 0 Å². The minimum atomic E-state index is -0.124. The molecular weight excluding hydrogens is 198 g/mol. The third-order valence-electron chi connectivity index (χ3n) is 1.77. The van der Waals surface area contributed by atoms with Crippen LogP contribution in [0.2, 0.25) is 5.02 Å². The normalized spacial score (nSPS) is 11.9. The average Bonchev–Trinajstić information content (AvgIpc) is 2.15. The van der Waals surface area contributed by atoms with Crippen molar-refractivity contribution in [3.8, 4) is 18.1 Å². The molecule has 0 saturated carbocycles. The van der Waals surface area contributed by atoms with E-state index in [-0.39, 0.29) is 12.6 Å². The van der Waals surface area contributed by atoms with Crippen LogP contribution >= 0.6 is 11.6 Å². The third-order valence-corrected chi connectivity index (χ3v) is 2.01. The van der Waals surface area contributed by atoms with E-state index in [0.717, 1.165) is 5.56 Å². The highest BCUT2D eigenvalue weighted by Crippen LogP contribution is 2.26. The Bertz CT molecular complexity index is 355. The number of rotatable bonds is 3. The first-order chi connectivity index (χ1) is 6.65. The Balaban J connectivity index is 2.97. The molecule has 0 aliphatic heterocycles. The minimum Gasteiger partial charge on any atom is -0.481 e. The predicted octanol–water partition coefficient (Wildman–Crippen LogP) is 2.37. The van der Waals surface area contributed by atoms with Gasteiger partial charge in [0, 0.05) is 16.6 Å². The molecule has 1 aromatic carbocycles. The molecule has 2 N–H and O–H groups in total. The van der Waals surface area contributed by atoms with Gasteiger partial charge in [-0.3, -0.25) is 0 Å². The Morgan fingerprint density at radius 1 is 1.64 bits per heavy atom. The lowest BCUT2D eigenvalue weighted by Crippen LogP contribution is -2.08. The van der Waals surface area contributed by atoms with E-state index in [1.54, 1.807) is 18.2 Å². The van der Waals surface area contributed by atoms with Crippen molar-refractivity contribution in [2.24, 2.45) is 5.73 Å². The van der Waals surface area contributed by atoms with Crippen molar-refractivity contribution in [1.29, 1.82) is 0 Å². The van der Waals surface area contributed by atoms with Crippen LogP contribution in [0.3, 0.4) is 0 Å². The van der Waals surface area contributed by atoms with Crippen LogP contribution in [0.15, 0.2) is 18.2 Å². The van der Waals surface area contributed by atoms with Gasteiger partial charge in [-0.15, -0.1) is 6.42 Å². The smallest absolute Gasteiger partial charge is 0.148 e. The van der Waals surface area contributed by atoms with Gasteiger partial charge in [0.1, 0.15) is 12.4 Å². The standard InChI is InChI=1S/C11H12ClNO/c1-3-6-14-11-5-4-9(12)7-10(11)8(2)13/h1,4-5,7-8H,6,13H2,2H3/t8-/m1/s1. The van der Waals surface area contributed by atoms with Crippen LogP contribution in [0.25, 0.3) is 0 Å².